The second-order valence-corrected chi connectivity index (χ2v) is 6.25. The van der Waals surface area contributed by atoms with E-state index >= 15 is 0 Å². The van der Waals surface area contributed by atoms with Crippen LogP contribution in [-0.4, -0.2) is 34.4 Å². The summed E-state index contributed by atoms with van der Waals surface area (Å²) in [6.45, 7) is 1.32. The predicted molar refractivity (Wildman–Crippen MR) is 86.6 cm³/mol. The monoisotopic (exact) mass is 340 g/mol. The molecule has 1 saturated heterocycles. The van der Waals surface area contributed by atoms with Crippen LogP contribution in [0.2, 0.25) is 0 Å². The highest BCUT2D eigenvalue weighted by Gasteiger charge is 2.55. The van der Waals surface area contributed by atoms with E-state index in [9.17, 15) is 14.4 Å². The lowest BCUT2D eigenvalue weighted by Crippen LogP contribution is -2.43. The minimum Gasteiger partial charge on any atom is -0.360 e. The van der Waals surface area contributed by atoms with Crippen LogP contribution in [0.5, 0.6) is 0 Å². The lowest BCUT2D eigenvalue weighted by atomic mass is 9.92. The zero-order chi connectivity index (χ0) is 17.6. The average Bonchev–Trinajstić information content (AvgIpc) is 3.22. The van der Waals surface area contributed by atoms with Gasteiger partial charge in [0.15, 0.2) is 5.82 Å². The number of amides is 4. The first-order valence-electron chi connectivity index (χ1n) is 7.95. The van der Waals surface area contributed by atoms with Gasteiger partial charge >= 0.3 is 6.03 Å². The van der Waals surface area contributed by atoms with Crippen molar-refractivity contribution in [3.8, 4) is 0 Å². The van der Waals surface area contributed by atoms with E-state index in [1.165, 1.54) is 0 Å². The van der Waals surface area contributed by atoms with Crippen LogP contribution in [0.1, 0.15) is 23.3 Å². The number of fused-ring (bicyclic) bond motifs is 2. The van der Waals surface area contributed by atoms with E-state index < -0.39 is 23.4 Å². The molecule has 1 aliphatic carbocycles. The van der Waals surface area contributed by atoms with E-state index in [1.54, 1.807) is 13.0 Å². The normalized spacial score (nSPS) is 21.6. The van der Waals surface area contributed by atoms with Gasteiger partial charge in [-0.1, -0.05) is 29.4 Å². The van der Waals surface area contributed by atoms with Gasteiger partial charge in [-0.25, -0.2) is 4.79 Å². The summed E-state index contributed by atoms with van der Waals surface area (Å²) in [7, 11) is 0. The zero-order valence-corrected chi connectivity index (χ0v) is 13.5. The molecule has 25 heavy (non-hydrogen) atoms. The third-order valence-corrected chi connectivity index (χ3v) is 4.62. The Balaban J connectivity index is 1.53. The third-order valence-electron chi connectivity index (χ3n) is 4.62. The molecule has 1 aliphatic heterocycles. The Morgan fingerprint density at radius 1 is 1.40 bits per heavy atom. The van der Waals surface area contributed by atoms with Gasteiger partial charge in [-0.15, -0.1) is 0 Å². The van der Waals surface area contributed by atoms with E-state index in [1.807, 2.05) is 24.3 Å². The molecule has 0 unspecified atom stereocenters. The molecule has 1 aromatic carbocycles. The number of anilines is 1. The van der Waals surface area contributed by atoms with Crippen molar-refractivity contribution in [1.29, 1.82) is 0 Å². The quantitative estimate of drug-likeness (QED) is 0.820. The van der Waals surface area contributed by atoms with E-state index in [-0.39, 0.29) is 12.4 Å². The van der Waals surface area contributed by atoms with Crippen molar-refractivity contribution in [1.82, 2.24) is 15.4 Å². The van der Waals surface area contributed by atoms with Gasteiger partial charge in [-0.3, -0.25) is 14.5 Å². The fraction of sp³-hybridized carbons (Fsp3) is 0.294. The second-order valence-electron chi connectivity index (χ2n) is 6.25. The van der Waals surface area contributed by atoms with Crippen molar-refractivity contribution >= 4 is 23.7 Å². The maximum absolute atomic E-state index is 12.9. The summed E-state index contributed by atoms with van der Waals surface area (Å²) in [5.74, 6) is -0.114. The molecule has 8 nitrogen and oxygen atoms in total. The first kappa shape index (κ1) is 15.4. The van der Waals surface area contributed by atoms with E-state index in [2.05, 4.69) is 15.8 Å². The number of aromatic nitrogens is 1. The number of aryl methyl sites for hydroxylation is 2. The minimum atomic E-state index is -1.06. The van der Waals surface area contributed by atoms with Crippen LogP contribution < -0.4 is 10.6 Å². The lowest BCUT2D eigenvalue weighted by molar-refractivity contribution is -0.134. The number of benzene rings is 1. The van der Waals surface area contributed by atoms with Gasteiger partial charge in [0.05, 0.1) is 0 Å². The number of hydrogen-bond acceptors (Lipinski definition) is 5. The molecule has 0 saturated carbocycles. The summed E-state index contributed by atoms with van der Waals surface area (Å²) in [5, 5.41) is 8.95. The van der Waals surface area contributed by atoms with Crippen molar-refractivity contribution in [2.45, 2.75) is 25.3 Å². The lowest BCUT2D eigenvalue weighted by Gasteiger charge is -2.22. The summed E-state index contributed by atoms with van der Waals surface area (Å²) in [4.78, 5) is 38.4. The molecule has 128 valence electrons. The molecule has 2 aromatic rings. The molecule has 2 N–H and O–H groups in total. The first-order chi connectivity index (χ1) is 12.0. The summed E-state index contributed by atoms with van der Waals surface area (Å²) < 4.78 is 4.87. The van der Waals surface area contributed by atoms with Gasteiger partial charge in [0.2, 0.25) is 5.91 Å². The van der Waals surface area contributed by atoms with Crippen molar-refractivity contribution in [2.75, 3.05) is 11.9 Å². The smallest absolute Gasteiger partial charge is 0.325 e. The molecular weight excluding hydrogens is 324 g/mol. The van der Waals surface area contributed by atoms with Gasteiger partial charge in [0.25, 0.3) is 5.91 Å². The van der Waals surface area contributed by atoms with Crippen molar-refractivity contribution in [3.63, 3.8) is 0 Å². The fourth-order valence-corrected chi connectivity index (χ4v) is 3.48. The Morgan fingerprint density at radius 2 is 2.20 bits per heavy atom. The number of nitrogens with one attached hydrogen (secondary N) is 2. The van der Waals surface area contributed by atoms with Crippen molar-refractivity contribution in [2.24, 2.45) is 0 Å². The number of nitrogens with zero attached hydrogens (tertiary/aromatic N) is 2. The minimum absolute atomic E-state index is 0.246. The largest absolute Gasteiger partial charge is 0.360 e. The number of rotatable bonds is 3. The SMILES string of the molecule is Cc1cc(NC(=O)CN2C(=O)N[C@]3(CCc4ccccc43)C2=O)no1. The predicted octanol–water partition coefficient (Wildman–Crippen LogP) is 1.32. The average molecular weight is 340 g/mol. The van der Waals surface area contributed by atoms with Gasteiger partial charge in [-0.05, 0) is 30.9 Å². The molecule has 4 amide bonds. The number of carbonyl (C=O) groups excluding carboxylic acids is 3. The number of carbonyl (C=O) groups is 3. The van der Waals surface area contributed by atoms with Crippen LogP contribution in [0, 0.1) is 6.92 Å². The Kier molecular flexibility index (Phi) is 3.34. The molecule has 2 aliphatic rings. The van der Waals surface area contributed by atoms with Gasteiger partial charge in [0.1, 0.15) is 17.8 Å². The van der Waals surface area contributed by atoms with Crippen LogP contribution in [0.3, 0.4) is 0 Å². The van der Waals surface area contributed by atoms with Crippen LogP contribution in [0.15, 0.2) is 34.9 Å². The summed E-state index contributed by atoms with van der Waals surface area (Å²) >= 11 is 0. The van der Waals surface area contributed by atoms with Gasteiger partial charge in [0, 0.05) is 6.07 Å². The topological polar surface area (TPSA) is 105 Å². The Labute approximate surface area is 143 Å². The summed E-state index contributed by atoms with van der Waals surface area (Å²) in [6, 6.07) is 8.54. The molecular formula is C17H16N4O4. The standard InChI is InChI=1S/C17H16N4O4/c1-10-8-13(20-25-10)18-14(22)9-21-15(23)17(19-16(21)24)7-6-11-4-2-3-5-12(11)17/h2-5,8H,6-7,9H2,1H3,(H,19,24)(H,18,20,22)/t17-/m0/s1. The van der Waals surface area contributed by atoms with Gasteiger partial charge < -0.3 is 15.2 Å². The molecule has 0 bridgehead atoms. The molecule has 1 spiro atoms. The van der Waals surface area contributed by atoms with Crippen LogP contribution in [0.25, 0.3) is 0 Å². The third kappa shape index (κ3) is 2.37. The summed E-state index contributed by atoms with van der Waals surface area (Å²) in [6.07, 6.45) is 1.21. The Morgan fingerprint density at radius 3 is 2.96 bits per heavy atom. The van der Waals surface area contributed by atoms with Crippen molar-refractivity contribution in [3.05, 3.63) is 47.2 Å². The molecule has 4 rings (SSSR count). The van der Waals surface area contributed by atoms with E-state index in [0.29, 0.717) is 18.6 Å². The number of hydrogen-bond donors (Lipinski definition) is 2. The molecule has 8 heteroatoms. The Hall–Kier alpha value is -3.16. The van der Waals surface area contributed by atoms with E-state index in [4.69, 9.17) is 4.52 Å². The van der Waals surface area contributed by atoms with E-state index in [0.717, 1.165) is 16.0 Å². The van der Waals surface area contributed by atoms with Crippen LogP contribution >= 0.6 is 0 Å². The zero-order valence-electron chi connectivity index (χ0n) is 13.5. The Bertz CT molecular complexity index is 890. The molecule has 1 atom stereocenters. The maximum Gasteiger partial charge on any atom is 0.325 e. The number of imide groups is 1. The first-order valence-corrected chi connectivity index (χ1v) is 7.95. The summed E-state index contributed by atoms with van der Waals surface area (Å²) in [5.41, 5.74) is 0.794. The molecule has 1 fully saturated rings. The molecule has 2 heterocycles. The van der Waals surface area contributed by atoms with Crippen LogP contribution in [0.4, 0.5) is 10.6 Å². The molecule has 0 radical (unpaired) electrons. The number of urea groups is 1. The highest BCUT2D eigenvalue weighted by Crippen LogP contribution is 2.41. The maximum atomic E-state index is 12.9. The van der Waals surface area contributed by atoms with Crippen LogP contribution in [-0.2, 0) is 21.5 Å². The van der Waals surface area contributed by atoms with Gasteiger partial charge in [-0.2, -0.15) is 0 Å². The highest BCUT2D eigenvalue weighted by atomic mass is 16.5. The second kappa shape index (κ2) is 5.44. The van der Waals surface area contributed by atoms with Crippen molar-refractivity contribution < 1.29 is 18.9 Å². The molecule has 1 aromatic heterocycles. The highest BCUT2D eigenvalue weighted by molar-refractivity contribution is 6.10. The fourth-order valence-electron chi connectivity index (χ4n) is 3.48.